The van der Waals surface area contributed by atoms with Crippen LogP contribution in [-0.4, -0.2) is 15.1 Å². The molecule has 3 aromatic heterocycles. The number of pyridine rings is 2. The second kappa shape index (κ2) is 8.10. The zero-order valence-corrected chi connectivity index (χ0v) is 14.4. The van der Waals surface area contributed by atoms with Gasteiger partial charge in [0.25, 0.3) is 5.56 Å². The first kappa shape index (κ1) is 17.5. The Morgan fingerprint density at radius 2 is 2.08 bits per heavy atom. The smallest absolute Gasteiger partial charge is 0.271 e. The number of hydrogen-bond donors (Lipinski definition) is 2. The molecule has 2 N–H and O–H groups in total. The van der Waals surface area contributed by atoms with Crippen LogP contribution in [0.25, 0.3) is 11.1 Å². The molecule has 0 aliphatic heterocycles. The van der Waals surface area contributed by atoms with Crippen molar-refractivity contribution in [3.63, 3.8) is 0 Å². The van der Waals surface area contributed by atoms with E-state index in [1.807, 2.05) is 19.9 Å². The molecule has 3 aromatic rings. The Morgan fingerprint density at radius 1 is 1.33 bits per heavy atom. The van der Waals surface area contributed by atoms with E-state index in [1.54, 1.807) is 30.7 Å². The van der Waals surface area contributed by atoms with Gasteiger partial charge in [-0.3, -0.25) is 9.78 Å². The van der Waals surface area contributed by atoms with E-state index >= 15 is 0 Å². The lowest BCUT2D eigenvalue weighted by Gasteiger charge is -2.07. The van der Waals surface area contributed by atoms with Crippen molar-refractivity contribution in [3.05, 3.63) is 58.6 Å². The quantitative estimate of drug-likeness (QED) is 0.727. The normalized spacial score (nSPS) is 10.0. The SMILES string of the molecule is CCC.Cc1noc(C)c1-c1c[nH]c(=O)c(Nc2cccnc2)c1.[HH].[HH]. The van der Waals surface area contributed by atoms with Gasteiger partial charge in [-0.25, -0.2) is 0 Å². The van der Waals surface area contributed by atoms with Gasteiger partial charge in [0.15, 0.2) is 0 Å². The standard InChI is InChI=1S/C15H14N4O2.C3H8.2H2/c1-9-14(10(2)21-19-9)11-6-13(15(20)17-7-11)18-12-4-3-5-16-8-12;1-3-2;;/h3-8,18H,1-2H3,(H,17,20);3H2,1-2H3;2*1H. The second-order valence-electron chi connectivity index (χ2n) is 5.40. The minimum Gasteiger partial charge on any atom is -0.361 e. The molecule has 6 heteroatoms. The maximum Gasteiger partial charge on any atom is 0.271 e. The van der Waals surface area contributed by atoms with E-state index in [1.165, 1.54) is 6.42 Å². The molecule has 0 saturated heterocycles. The minimum absolute atomic E-state index is 0. The van der Waals surface area contributed by atoms with Crippen molar-refractivity contribution in [3.8, 4) is 11.1 Å². The molecule has 0 bridgehead atoms. The molecule has 0 amide bonds. The third kappa shape index (κ3) is 4.10. The summed E-state index contributed by atoms with van der Waals surface area (Å²) < 4.78 is 5.17. The number of hydrogen-bond acceptors (Lipinski definition) is 5. The largest absolute Gasteiger partial charge is 0.361 e. The van der Waals surface area contributed by atoms with Crippen LogP contribution in [0.1, 0.15) is 34.6 Å². The summed E-state index contributed by atoms with van der Waals surface area (Å²) >= 11 is 0. The summed E-state index contributed by atoms with van der Waals surface area (Å²) in [5, 5.41) is 6.99. The number of aryl methyl sites for hydroxylation is 2. The number of aromatic amines is 1. The van der Waals surface area contributed by atoms with Crippen molar-refractivity contribution < 1.29 is 7.38 Å². The topological polar surface area (TPSA) is 83.8 Å². The summed E-state index contributed by atoms with van der Waals surface area (Å²) in [5.74, 6) is 0.715. The Balaban J connectivity index is 0.00000117. The first-order chi connectivity index (χ1) is 11.6. The summed E-state index contributed by atoms with van der Waals surface area (Å²) in [6.45, 7) is 7.96. The zero-order chi connectivity index (χ0) is 17.5. The van der Waals surface area contributed by atoms with E-state index in [2.05, 4.69) is 34.3 Å². The summed E-state index contributed by atoms with van der Waals surface area (Å²) in [4.78, 5) is 18.7. The lowest BCUT2D eigenvalue weighted by molar-refractivity contribution is 0.393. The van der Waals surface area contributed by atoms with Gasteiger partial charge < -0.3 is 14.8 Å². The Kier molecular flexibility index (Phi) is 5.89. The van der Waals surface area contributed by atoms with Gasteiger partial charge in [0, 0.05) is 26.4 Å². The van der Waals surface area contributed by atoms with Gasteiger partial charge in [-0.1, -0.05) is 25.4 Å². The number of nitrogens with one attached hydrogen (secondary N) is 2. The molecular formula is C18H26N4O2. The molecule has 0 saturated carbocycles. The van der Waals surface area contributed by atoms with E-state index in [4.69, 9.17) is 4.52 Å². The number of nitrogens with zero attached hydrogens (tertiary/aromatic N) is 2. The van der Waals surface area contributed by atoms with Crippen LogP contribution in [0.15, 0.2) is 46.1 Å². The molecule has 24 heavy (non-hydrogen) atoms. The molecule has 130 valence electrons. The van der Waals surface area contributed by atoms with Crippen LogP contribution in [0.4, 0.5) is 11.4 Å². The Bertz CT molecular complexity index is 828. The Labute approximate surface area is 143 Å². The van der Waals surface area contributed by atoms with Crippen molar-refractivity contribution in [1.82, 2.24) is 15.1 Å². The van der Waals surface area contributed by atoms with Crippen LogP contribution in [0.3, 0.4) is 0 Å². The average Bonchev–Trinajstić information content (AvgIpc) is 2.90. The molecule has 0 aliphatic rings. The van der Waals surface area contributed by atoms with Gasteiger partial charge in [-0.2, -0.15) is 0 Å². The van der Waals surface area contributed by atoms with Crippen LogP contribution in [0.2, 0.25) is 0 Å². The van der Waals surface area contributed by atoms with Gasteiger partial charge in [-0.15, -0.1) is 0 Å². The highest BCUT2D eigenvalue weighted by atomic mass is 16.5. The van der Waals surface area contributed by atoms with Crippen molar-refractivity contribution in [2.24, 2.45) is 0 Å². The van der Waals surface area contributed by atoms with Gasteiger partial charge in [-0.05, 0) is 32.0 Å². The van der Waals surface area contributed by atoms with E-state index in [9.17, 15) is 4.79 Å². The first-order valence-electron chi connectivity index (χ1n) is 7.89. The molecular weight excluding hydrogens is 304 g/mol. The van der Waals surface area contributed by atoms with Gasteiger partial charge >= 0.3 is 0 Å². The van der Waals surface area contributed by atoms with Crippen LogP contribution in [0.5, 0.6) is 0 Å². The average molecular weight is 330 g/mol. The van der Waals surface area contributed by atoms with E-state index < -0.39 is 0 Å². The molecule has 0 atom stereocenters. The number of aromatic nitrogens is 3. The first-order valence-corrected chi connectivity index (χ1v) is 7.89. The molecule has 3 rings (SSSR count). The lowest BCUT2D eigenvalue weighted by Crippen LogP contribution is -2.11. The third-order valence-electron chi connectivity index (χ3n) is 3.17. The van der Waals surface area contributed by atoms with Crippen LogP contribution in [0, 0.1) is 13.8 Å². The minimum atomic E-state index is -0.200. The molecule has 0 radical (unpaired) electrons. The Hall–Kier alpha value is -2.89. The third-order valence-corrected chi connectivity index (χ3v) is 3.17. The van der Waals surface area contributed by atoms with Crippen LogP contribution < -0.4 is 10.9 Å². The number of H-pyrrole nitrogens is 1. The molecule has 6 nitrogen and oxygen atoms in total. The van der Waals surface area contributed by atoms with Gasteiger partial charge in [0.1, 0.15) is 11.4 Å². The highest BCUT2D eigenvalue weighted by Gasteiger charge is 2.13. The summed E-state index contributed by atoms with van der Waals surface area (Å²) in [6.07, 6.45) is 6.24. The van der Waals surface area contributed by atoms with Crippen LogP contribution in [-0.2, 0) is 0 Å². The van der Waals surface area contributed by atoms with Crippen molar-refractivity contribution in [2.45, 2.75) is 34.1 Å². The molecule has 0 fully saturated rings. The predicted molar refractivity (Wildman–Crippen MR) is 99.7 cm³/mol. The maximum atomic E-state index is 11.9. The zero-order valence-electron chi connectivity index (χ0n) is 14.4. The molecule has 0 aliphatic carbocycles. The second-order valence-corrected chi connectivity index (χ2v) is 5.40. The van der Waals surface area contributed by atoms with Crippen LogP contribution >= 0.6 is 0 Å². The van der Waals surface area contributed by atoms with Gasteiger partial charge in [0.2, 0.25) is 0 Å². The fourth-order valence-electron chi connectivity index (χ4n) is 2.21. The maximum absolute atomic E-state index is 11.9. The van der Waals surface area contributed by atoms with Crippen molar-refractivity contribution >= 4 is 11.4 Å². The fourth-order valence-corrected chi connectivity index (χ4v) is 2.21. The Morgan fingerprint density at radius 3 is 2.67 bits per heavy atom. The lowest BCUT2D eigenvalue weighted by atomic mass is 10.1. The van der Waals surface area contributed by atoms with Crippen molar-refractivity contribution in [1.29, 1.82) is 0 Å². The number of anilines is 2. The monoisotopic (exact) mass is 330 g/mol. The molecule has 3 heterocycles. The molecule has 0 aromatic carbocycles. The van der Waals surface area contributed by atoms with Gasteiger partial charge in [0.05, 0.1) is 17.6 Å². The molecule has 0 unspecified atom stereocenters. The fraction of sp³-hybridized carbons (Fsp3) is 0.278. The number of rotatable bonds is 3. The highest BCUT2D eigenvalue weighted by Crippen LogP contribution is 2.27. The van der Waals surface area contributed by atoms with Crippen molar-refractivity contribution in [2.75, 3.05) is 5.32 Å². The predicted octanol–water partition coefficient (Wildman–Crippen LogP) is 4.69. The summed E-state index contributed by atoms with van der Waals surface area (Å²) in [6, 6.07) is 5.42. The van der Waals surface area contributed by atoms with E-state index in [0.717, 1.165) is 22.5 Å². The highest BCUT2D eigenvalue weighted by molar-refractivity contribution is 5.71. The molecule has 0 spiro atoms. The van der Waals surface area contributed by atoms with E-state index in [0.29, 0.717) is 11.4 Å². The van der Waals surface area contributed by atoms with E-state index in [-0.39, 0.29) is 8.41 Å². The summed E-state index contributed by atoms with van der Waals surface area (Å²) in [7, 11) is 0. The summed E-state index contributed by atoms with van der Waals surface area (Å²) in [5.41, 5.74) is 3.51.